The average molecular weight is 286 g/mol. The van der Waals surface area contributed by atoms with Crippen molar-refractivity contribution in [3.8, 4) is 0 Å². The van der Waals surface area contributed by atoms with Gasteiger partial charge in [-0.3, -0.25) is 14.9 Å². The number of nitrogens with one attached hydrogen (secondary N) is 1. The summed E-state index contributed by atoms with van der Waals surface area (Å²) in [5.41, 5.74) is 5.42. The number of halogens is 1. The van der Waals surface area contributed by atoms with Crippen LogP contribution in [0.15, 0.2) is 18.2 Å². The number of amides is 1. The van der Waals surface area contributed by atoms with Crippen molar-refractivity contribution in [2.45, 2.75) is 13.8 Å². The Kier molecular flexibility index (Phi) is 5.26. The standard InChI is InChI=1S/C12H16ClN3O3/c1-7(2)9(6-14)12(17)15-10-5-8(13)3-4-11(10)16(18)19/h3-5,7,9H,6,14H2,1-2H3,(H,15,17). The third kappa shape index (κ3) is 3.90. The number of benzene rings is 1. The van der Waals surface area contributed by atoms with Crippen LogP contribution in [0.5, 0.6) is 0 Å². The average Bonchev–Trinajstić information content (AvgIpc) is 2.28. The lowest BCUT2D eigenvalue weighted by molar-refractivity contribution is -0.383. The minimum Gasteiger partial charge on any atom is -0.330 e. The first-order chi connectivity index (χ1) is 8.86. The quantitative estimate of drug-likeness (QED) is 0.641. The molecule has 3 N–H and O–H groups in total. The molecule has 0 bridgehead atoms. The molecule has 0 heterocycles. The van der Waals surface area contributed by atoms with Crippen LogP contribution in [0.3, 0.4) is 0 Å². The van der Waals surface area contributed by atoms with Gasteiger partial charge in [-0.15, -0.1) is 0 Å². The van der Waals surface area contributed by atoms with E-state index >= 15 is 0 Å². The van der Waals surface area contributed by atoms with Gasteiger partial charge in [-0.2, -0.15) is 0 Å². The highest BCUT2D eigenvalue weighted by molar-refractivity contribution is 6.31. The van der Waals surface area contributed by atoms with E-state index in [1.807, 2.05) is 13.8 Å². The first-order valence-corrected chi connectivity index (χ1v) is 6.19. The Morgan fingerprint density at radius 1 is 1.53 bits per heavy atom. The normalized spacial score (nSPS) is 12.3. The van der Waals surface area contributed by atoms with Crippen molar-refractivity contribution < 1.29 is 9.72 Å². The van der Waals surface area contributed by atoms with E-state index in [1.165, 1.54) is 18.2 Å². The second-order valence-electron chi connectivity index (χ2n) is 4.49. The zero-order valence-corrected chi connectivity index (χ0v) is 11.5. The molecule has 1 unspecified atom stereocenters. The van der Waals surface area contributed by atoms with E-state index in [0.29, 0.717) is 5.02 Å². The molecule has 7 heteroatoms. The predicted molar refractivity (Wildman–Crippen MR) is 74.1 cm³/mol. The second kappa shape index (κ2) is 6.49. The number of hydrogen-bond acceptors (Lipinski definition) is 4. The smallest absolute Gasteiger partial charge is 0.292 e. The van der Waals surface area contributed by atoms with Gasteiger partial charge in [0.25, 0.3) is 5.69 Å². The number of hydrogen-bond donors (Lipinski definition) is 2. The minimum atomic E-state index is -0.571. The maximum Gasteiger partial charge on any atom is 0.292 e. The summed E-state index contributed by atoms with van der Waals surface area (Å²) in [4.78, 5) is 22.3. The van der Waals surface area contributed by atoms with E-state index in [-0.39, 0.29) is 29.7 Å². The lowest BCUT2D eigenvalue weighted by Gasteiger charge is -2.18. The van der Waals surface area contributed by atoms with Crippen LogP contribution in [0, 0.1) is 22.0 Å². The molecule has 0 saturated heterocycles. The van der Waals surface area contributed by atoms with Crippen molar-refractivity contribution in [1.82, 2.24) is 0 Å². The Hall–Kier alpha value is -1.66. The van der Waals surface area contributed by atoms with Gasteiger partial charge in [-0.1, -0.05) is 25.4 Å². The highest BCUT2D eigenvalue weighted by Crippen LogP contribution is 2.28. The van der Waals surface area contributed by atoms with E-state index in [0.717, 1.165) is 0 Å². The van der Waals surface area contributed by atoms with Crippen LogP contribution < -0.4 is 11.1 Å². The van der Waals surface area contributed by atoms with Gasteiger partial charge in [-0.25, -0.2) is 0 Å². The predicted octanol–water partition coefficient (Wildman–Crippen LogP) is 2.42. The molecule has 0 aliphatic carbocycles. The zero-order valence-electron chi connectivity index (χ0n) is 10.7. The monoisotopic (exact) mass is 285 g/mol. The Bertz CT molecular complexity index is 491. The van der Waals surface area contributed by atoms with Gasteiger partial charge in [0.15, 0.2) is 0 Å². The molecule has 1 atom stereocenters. The fraction of sp³-hybridized carbons (Fsp3) is 0.417. The summed E-state index contributed by atoms with van der Waals surface area (Å²) < 4.78 is 0. The first-order valence-electron chi connectivity index (χ1n) is 5.81. The molecule has 6 nitrogen and oxygen atoms in total. The molecule has 19 heavy (non-hydrogen) atoms. The summed E-state index contributed by atoms with van der Waals surface area (Å²) in [5.74, 6) is -0.704. The van der Waals surface area contributed by atoms with E-state index in [4.69, 9.17) is 17.3 Å². The molecule has 0 spiro atoms. The molecule has 0 aliphatic heterocycles. The van der Waals surface area contributed by atoms with E-state index in [2.05, 4.69) is 5.32 Å². The summed E-state index contributed by atoms with van der Waals surface area (Å²) in [6.45, 7) is 3.91. The zero-order chi connectivity index (χ0) is 14.6. The molecule has 1 aromatic carbocycles. The number of rotatable bonds is 5. The molecule has 0 fully saturated rings. The molecule has 104 valence electrons. The Balaban J connectivity index is 3.01. The van der Waals surface area contributed by atoms with Gasteiger partial charge >= 0.3 is 0 Å². The number of nitrogens with zero attached hydrogens (tertiary/aromatic N) is 1. The van der Waals surface area contributed by atoms with Crippen molar-refractivity contribution in [2.75, 3.05) is 11.9 Å². The summed E-state index contributed by atoms with van der Waals surface area (Å²) in [5, 5.41) is 13.7. The van der Waals surface area contributed by atoms with Gasteiger partial charge < -0.3 is 11.1 Å². The topological polar surface area (TPSA) is 98.3 Å². The van der Waals surface area contributed by atoms with E-state index < -0.39 is 10.8 Å². The maximum absolute atomic E-state index is 12.0. The van der Waals surface area contributed by atoms with Gasteiger partial charge in [0.1, 0.15) is 5.69 Å². The highest BCUT2D eigenvalue weighted by atomic mass is 35.5. The fourth-order valence-corrected chi connectivity index (χ4v) is 1.85. The molecule has 1 aromatic rings. The number of anilines is 1. The maximum atomic E-state index is 12.0. The molecule has 0 radical (unpaired) electrons. The SMILES string of the molecule is CC(C)C(CN)C(=O)Nc1cc(Cl)ccc1[N+](=O)[O-]. The number of carbonyl (C=O) groups is 1. The lowest BCUT2D eigenvalue weighted by Crippen LogP contribution is -2.33. The van der Waals surface area contributed by atoms with Crippen LogP contribution in [-0.2, 0) is 4.79 Å². The van der Waals surface area contributed by atoms with Crippen LogP contribution >= 0.6 is 11.6 Å². The fourth-order valence-electron chi connectivity index (χ4n) is 1.67. The minimum absolute atomic E-state index is 0.0447. The van der Waals surface area contributed by atoms with Gasteiger partial charge in [0.2, 0.25) is 5.91 Å². The molecule has 0 saturated carbocycles. The van der Waals surface area contributed by atoms with Crippen molar-refractivity contribution in [1.29, 1.82) is 0 Å². The van der Waals surface area contributed by atoms with Gasteiger partial charge in [0.05, 0.1) is 10.8 Å². The second-order valence-corrected chi connectivity index (χ2v) is 4.93. The molecule has 0 aromatic heterocycles. The third-order valence-corrected chi connectivity index (χ3v) is 3.04. The van der Waals surface area contributed by atoms with Crippen molar-refractivity contribution in [2.24, 2.45) is 17.6 Å². The lowest BCUT2D eigenvalue weighted by atomic mass is 9.95. The summed E-state index contributed by atoms with van der Waals surface area (Å²) in [6.07, 6.45) is 0. The van der Waals surface area contributed by atoms with Crippen LogP contribution in [0.25, 0.3) is 0 Å². The van der Waals surface area contributed by atoms with Crippen LogP contribution in [-0.4, -0.2) is 17.4 Å². The summed E-state index contributed by atoms with van der Waals surface area (Å²) in [7, 11) is 0. The number of nitrogens with two attached hydrogens (primary N) is 1. The van der Waals surface area contributed by atoms with Gasteiger partial charge in [0, 0.05) is 17.6 Å². The van der Waals surface area contributed by atoms with Crippen molar-refractivity contribution >= 4 is 28.9 Å². The van der Waals surface area contributed by atoms with Crippen LogP contribution in [0.1, 0.15) is 13.8 Å². The Morgan fingerprint density at radius 2 is 2.16 bits per heavy atom. The summed E-state index contributed by atoms with van der Waals surface area (Å²) in [6, 6.07) is 4.01. The van der Waals surface area contributed by atoms with Crippen LogP contribution in [0.2, 0.25) is 5.02 Å². The Morgan fingerprint density at radius 3 is 2.63 bits per heavy atom. The molecular formula is C12H16ClN3O3. The number of nitro benzene ring substituents is 1. The molecule has 1 amide bonds. The Labute approximate surface area is 116 Å². The van der Waals surface area contributed by atoms with Crippen molar-refractivity contribution in [3.63, 3.8) is 0 Å². The van der Waals surface area contributed by atoms with E-state index in [9.17, 15) is 14.9 Å². The number of nitro groups is 1. The molecule has 1 rings (SSSR count). The largest absolute Gasteiger partial charge is 0.330 e. The molecular weight excluding hydrogens is 270 g/mol. The first kappa shape index (κ1) is 15.4. The third-order valence-electron chi connectivity index (χ3n) is 2.81. The van der Waals surface area contributed by atoms with Gasteiger partial charge in [-0.05, 0) is 18.1 Å². The van der Waals surface area contributed by atoms with Crippen molar-refractivity contribution in [3.05, 3.63) is 33.3 Å². The molecule has 0 aliphatic rings. The van der Waals surface area contributed by atoms with E-state index in [1.54, 1.807) is 0 Å². The highest BCUT2D eigenvalue weighted by Gasteiger charge is 2.23. The van der Waals surface area contributed by atoms with Crippen LogP contribution in [0.4, 0.5) is 11.4 Å². The number of carbonyl (C=O) groups excluding carboxylic acids is 1. The summed E-state index contributed by atoms with van der Waals surface area (Å²) >= 11 is 5.78.